The summed E-state index contributed by atoms with van der Waals surface area (Å²) in [6.45, 7) is 14.1. The third-order valence-corrected chi connectivity index (χ3v) is 3.38. The molecule has 0 spiro atoms. The first-order valence-electron chi connectivity index (χ1n) is 5.32. The molecule has 1 aromatic rings. The van der Waals surface area contributed by atoms with E-state index in [0.717, 1.165) is 22.5 Å². The number of allylic oxidation sites excluding steroid dienone is 1. The van der Waals surface area contributed by atoms with E-state index in [2.05, 4.69) is 44.9 Å². The van der Waals surface area contributed by atoms with Crippen molar-refractivity contribution in [2.45, 2.75) is 13.3 Å². The number of hydrogen-bond acceptors (Lipinski definition) is 1. The molecule has 0 radical (unpaired) electrons. The van der Waals surface area contributed by atoms with Crippen LogP contribution < -0.4 is 0 Å². The lowest BCUT2D eigenvalue weighted by atomic mass is 9.96. The molecule has 1 heteroatoms. The van der Waals surface area contributed by atoms with E-state index in [-0.39, 0.29) is 0 Å². The lowest BCUT2D eigenvalue weighted by Gasteiger charge is -2.11. The first-order valence-corrected chi connectivity index (χ1v) is 6.54. The summed E-state index contributed by atoms with van der Waals surface area (Å²) in [5.41, 5.74) is 4.64. The molecule has 0 N–H and O–H groups in total. The lowest BCUT2D eigenvalue weighted by Crippen LogP contribution is -1.89. The van der Waals surface area contributed by atoms with Crippen LogP contribution in [0.25, 0.3) is 16.6 Å². The summed E-state index contributed by atoms with van der Waals surface area (Å²) in [6, 6.07) is 6.32. The van der Waals surface area contributed by atoms with Crippen LogP contribution in [0.15, 0.2) is 37.9 Å². The Labute approximate surface area is 103 Å². The molecule has 0 saturated carbocycles. The van der Waals surface area contributed by atoms with E-state index in [1.54, 1.807) is 11.8 Å². The number of rotatable bonds is 5. The van der Waals surface area contributed by atoms with Crippen LogP contribution in [0, 0.1) is 0 Å². The number of hydrogen-bond donors (Lipinski definition) is 0. The number of benzene rings is 1. The van der Waals surface area contributed by atoms with E-state index in [1.807, 2.05) is 12.3 Å². The summed E-state index contributed by atoms with van der Waals surface area (Å²) in [5, 5.41) is 0. The minimum absolute atomic E-state index is 0.954. The molecule has 0 fully saturated rings. The van der Waals surface area contributed by atoms with Crippen molar-refractivity contribution in [3.8, 4) is 0 Å². The summed E-state index contributed by atoms with van der Waals surface area (Å²) < 4.78 is 0. The fourth-order valence-electron chi connectivity index (χ4n) is 1.52. The summed E-state index contributed by atoms with van der Waals surface area (Å²) in [5.74, 6) is 0. The van der Waals surface area contributed by atoms with Gasteiger partial charge in [-0.05, 0) is 41.0 Å². The normalized spacial score (nSPS) is 9.88. The van der Waals surface area contributed by atoms with Gasteiger partial charge >= 0.3 is 0 Å². The lowest BCUT2D eigenvalue weighted by molar-refractivity contribution is 1.24. The molecule has 0 aliphatic rings. The quantitative estimate of drug-likeness (QED) is 0.679. The molecule has 16 heavy (non-hydrogen) atoms. The number of thioether (sulfide) groups is 1. The van der Waals surface area contributed by atoms with Gasteiger partial charge in [-0.2, -0.15) is 0 Å². The summed E-state index contributed by atoms with van der Waals surface area (Å²) in [6.07, 6.45) is 4.87. The van der Waals surface area contributed by atoms with Crippen molar-refractivity contribution in [1.82, 2.24) is 0 Å². The summed E-state index contributed by atoms with van der Waals surface area (Å²) in [7, 11) is 0. The van der Waals surface area contributed by atoms with Gasteiger partial charge in [0.05, 0.1) is 0 Å². The minimum Gasteiger partial charge on any atom is -0.130 e. The molecule has 0 aromatic heterocycles. The van der Waals surface area contributed by atoms with Crippen molar-refractivity contribution in [3.63, 3.8) is 0 Å². The Morgan fingerprint density at radius 1 is 1.38 bits per heavy atom. The predicted molar refractivity (Wildman–Crippen MR) is 78.4 cm³/mol. The van der Waals surface area contributed by atoms with Crippen LogP contribution >= 0.6 is 11.8 Å². The molecule has 0 heterocycles. The van der Waals surface area contributed by atoms with E-state index in [9.17, 15) is 0 Å². The van der Waals surface area contributed by atoms with Gasteiger partial charge in [-0.15, -0.1) is 11.8 Å². The fourth-order valence-corrected chi connectivity index (χ4v) is 1.88. The van der Waals surface area contributed by atoms with Gasteiger partial charge in [0.15, 0.2) is 0 Å². The van der Waals surface area contributed by atoms with Gasteiger partial charge in [0, 0.05) is 4.91 Å². The van der Waals surface area contributed by atoms with Crippen LogP contribution in [-0.2, 0) is 0 Å². The van der Waals surface area contributed by atoms with Crippen molar-refractivity contribution in [2.24, 2.45) is 0 Å². The Morgan fingerprint density at radius 3 is 2.56 bits per heavy atom. The first-order chi connectivity index (χ1) is 7.63. The van der Waals surface area contributed by atoms with Crippen LogP contribution in [0.4, 0.5) is 0 Å². The average molecular weight is 230 g/mol. The van der Waals surface area contributed by atoms with E-state index in [0.29, 0.717) is 0 Å². The van der Waals surface area contributed by atoms with E-state index in [1.165, 1.54) is 11.1 Å². The molecule has 0 saturated heterocycles. The van der Waals surface area contributed by atoms with E-state index >= 15 is 0 Å². The molecule has 0 amide bonds. The molecule has 0 aliphatic carbocycles. The SMILES string of the molecule is C=Cc1ccc(C(=C)SC)cc1C(=C)CC. The maximum atomic E-state index is 4.09. The van der Waals surface area contributed by atoms with Gasteiger partial charge in [-0.1, -0.05) is 44.9 Å². The zero-order valence-electron chi connectivity index (χ0n) is 10.0. The maximum Gasteiger partial charge on any atom is 0.00699 e. The Kier molecular flexibility index (Phi) is 4.63. The van der Waals surface area contributed by atoms with Crippen LogP contribution in [-0.4, -0.2) is 6.26 Å². The van der Waals surface area contributed by atoms with Crippen LogP contribution in [0.3, 0.4) is 0 Å². The zero-order valence-corrected chi connectivity index (χ0v) is 10.9. The monoisotopic (exact) mass is 230 g/mol. The third-order valence-electron chi connectivity index (χ3n) is 2.65. The van der Waals surface area contributed by atoms with Crippen LogP contribution in [0.5, 0.6) is 0 Å². The molecular formula is C15H18S. The largest absolute Gasteiger partial charge is 0.130 e. The molecule has 0 aliphatic heterocycles. The van der Waals surface area contributed by atoms with Gasteiger partial charge in [0.1, 0.15) is 0 Å². The van der Waals surface area contributed by atoms with Crippen LogP contribution in [0.1, 0.15) is 30.0 Å². The Balaban J connectivity index is 3.26. The highest BCUT2D eigenvalue weighted by atomic mass is 32.2. The first kappa shape index (κ1) is 12.9. The standard InChI is InChI=1S/C15H18S/c1-6-11(3)15-10-14(12(4)16-5)9-8-13(15)7-2/h7-10H,2-4,6H2,1,5H3. The van der Waals surface area contributed by atoms with Crippen molar-refractivity contribution >= 4 is 28.3 Å². The van der Waals surface area contributed by atoms with E-state index < -0.39 is 0 Å². The van der Waals surface area contributed by atoms with Crippen molar-refractivity contribution in [1.29, 1.82) is 0 Å². The summed E-state index contributed by atoms with van der Waals surface area (Å²) in [4.78, 5) is 1.08. The second-order valence-corrected chi connectivity index (χ2v) is 4.49. The van der Waals surface area contributed by atoms with Gasteiger partial charge < -0.3 is 0 Å². The third kappa shape index (κ3) is 2.67. The molecule has 0 nitrogen and oxygen atoms in total. The Morgan fingerprint density at radius 2 is 2.06 bits per heavy atom. The minimum atomic E-state index is 0.954. The predicted octanol–water partition coefficient (Wildman–Crippen LogP) is 5.09. The van der Waals surface area contributed by atoms with Gasteiger partial charge in [-0.25, -0.2) is 0 Å². The molecule has 1 rings (SSSR count). The highest BCUT2D eigenvalue weighted by Crippen LogP contribution is 2.29. The molecule has 84 valence electrons. The van der Waals surface area contributed by atoms with Crippen molar-refractivity contribution in [2.75, 3.05) is 6.26 Å². The fraction of sp³-hybridized carbons (Fsp3) is 0.200. The molecule has 1 aromatic carbocycles. The second-order valence-electron chi connectivity index (χ2n) is 3.59. The molecule has 0 bridgehead atoms. The summed E-state index contributed by atoms with van der Waals surface area (Å²) >= 11 is 1.67. The van der Waals surface area contributed by atoms with Crippen molar-refractivity contribution < 1.29 is 0 Å². The van der Waals surface area contributed by atoms with Gasteiger partial charge in [0.2, 0.25) is 0 Å². The Hall–Kier alpha value is -1.21. The molecular weight excluding hydrogens is 212 g/mol. The Bertz CT molecular complexity index is 427. The zero-order chi connectivity index (χ0) is 12.1. The smallest absolute Gasteiger partial charge is 0.00699 e. The van der Waals surface area contributed by atoms with Crippen LogP contribution in [0.2, 0.25) is 0 Å². The maximum absolute atomic E-state index is 4.09. The topological polar surface area (TPSA) is 0 Å². The highest BCUT2D eigenvalue weighted by Gasteiger charge is 2.05. The molecule has 0 atom stereocenters. The molecule has 0 unspecified atom stereocenters. The van der Waals surface area contributed by atoms with E-state index in [4.69, 9.17) is 0 Å². The average Bonchev–Trinajstić information content (AvgIpc) is 2.35. The highest BCUT2D eigenvalue weighted by molar-refractivity contribution is 8.07. The second kappa shape index (κ2) is 5.76. The van der Waals surface area contributed by atoms with Gasteiger partial charge in [-0.3, -0.25) is 0 Å². The van der Waals surface area contributed by atoms with Crippen molar-refractivity contribution in [3.05, 3.63) is 54.6 Å². The van der Waals surface area contributed by atoms with Gasteiger partial charge in [0.25, 0.3) is 0 Å².